The molecule has 0 aliphatic heterocycles. The highest BCUT2D eigenvalue weighted by atomic mass is 35.5. The third-order valence-corrected chi connectivity index (χ3v) is 6.56. The molecule has 28 heavy (non-hydrogen) atoms. The summed E-state index contributed by atoms with van der Waals surface area (Å²) in [5.41, 5.74) is 1.72. The fourth-order valence-electron chi connectivity index (χ4n) is 2.68. The van der Waals surface area contributed by atoms with Gasteiger partial charge in [-0.2, -0.15) is 0 Å². The average Bonchev–Trinajstić information content (AvgIpc) is 3.04. The van der Waals surface area contributed by atoms with Crippen LogP contribution in [0.3, 0.4) is 0 Å². The number of nitrogens with zero attached hydrogens (tertiary/aromatic N) is 1. The van der Waals surface area contributed by atoms with E-state index in [1.807, 2.05) is 29.8 Å². The molecule has 0 fully saturated rings. The molecule has 0 radical (unpaired) electrons. The number of carbonyl (C=O) groups is 1. The van der Waals surface area contributed by atoms with Gasteiger partial charge in [0.25, 0.3) is 5.91 Å². The van der Waals surface area contributed by atoms with E-state index in [1.165, 1.54) is 31.2 Å². The van der Waals surface area contributed by atoms with Gasteiger partial charge < -0.3 is 9.32 Å². The minimum atomic E-state index is -4.05. The number of halogens is 2. The van der Waals surface area contributed by atoms with Crippen molar-refractivity contribution in [3.63, 3.8) is 0 Å². The number of carbonyl (C=O) groups excluding carboxylic acids is 1. The van der Waals surface area contributed by atoms with Crippen LogP contribution in [-0.2, 0) is 10.0 Å². The Kier molecular flexibility index (Phi) is 5.61. The standard InChI is InChI=1S/C19H18Cl2N2O4S/c1-11(15-7-5-13(20)9-16(15)21)28(25,26)22-19(24)18-8-12-4-6-14(23(2)3)10-17(12)27-18/h4-11H,1-3H3,(H,22,24). The van der Waals surface area contributed by atoms with Gasteiger partial charge in [-0.3, -0.25) is 4.79 Å². The lowest BCUT2D eigenvalue weighted by atomic mass is 10.2. The summed E-state index contributed by atoms with van der Waals surface area (Å²) in [6, 6.07) is 11.5. The monoisotopic (exact) mass is 440 g/mol. The summed E-state index contributed by atoms with van der Waals surface area (Å²) in [6.07, 6.45) is 0. The van der Waals surface area contributed by atoms with Crippen molar-refractivity contribution < 1.29 is 17.6 Å². The summed E-state index contributed by atoms with van der Waals surface area (Å²) >= 11 is 11.9. The third-order valence-electron chi connectivity index (χ3n) is 4.34. The minimum Gasteiger partial charge on any atom is -0.451 e. The smallest absolute Gasteiger partial charge is 0.300 e. The molecule has 0 aliphatic rings. The Morgan fingerprint density at radius 3 is 2.46 bits per heavy atom. The first-order valence-electron chi connectivity index (χ1n) is 8.30. The molecule has 3 rings (SSSR count). The maximum Gasteiger partial charge on any atom is 0.300 e. The van der Waals surface area contributed by atoms with Gasteiger partial charge in [-0.05, 0) is 42.8 Å². The quantitative estimate of drug-likeness (QED) is 0.625. The Hall–Kier alpha value is -2.22. The van der Waals surface area contributed by atoms with E-state index in [4.69, 9.17) is 27.6 Å². The summed E-state index contributed by atoms with van der Waals surface area (Å²) < 4.78 is 32.9. The molecule has 1 aromatic heterocycles. The molecule has 1 amide bonds. The fraction of sp³-hybridized carbons (Fsp3) is 0.211. The van der Waals surface area contributed by atoms with Crippen LogP contribution in [-0.4, -0.2) is 28.4 Å². The van der Waals surface area contributed by atoms with Gasteiger partial charge in [-0.15, -0.1) is 0 Å². The van der Waals surface area contributed by atoms with Crippen LogP contribution in [0.2, 0.25) is 10.0 Å². The van der Waals surface area contributed by atoms with Crippen LogP contribution in [0.1, 0.15) is 28.3 Å². The maximum absolute atomic E-state index is 12.6. The summed E-state index contributed by atoms with van der Waals surface area (Å²) in [5.74, 6) is -0.941. The van der Waals surface area contributed by atoms with Crippen LogP contribution < -0.4 is 9.62 Å². The van der Waals surface area contributed by atoms with Crippen molar-refractivity contribution in [1.82, 2.24) is 4.72 Å². The highest BCUT2D eigenvalue weighted by molar-refractivity contribution is 7.90. The third kappa shape index (κ3) is 4.11. The molecule has 3 aromatic rings. The normalized spacial score (nSPS) is 12.8. The van der Waals surface area contributed by atoms with Crippen molar-refractivity contribution >= 4 is 55.8 Å². The van der Waals surface area contributed by atoms with Crippen molar-refractivity contribution in [2.75, 3.05) is 19.0 Å². The van der Waals surface area contributed by atoms with Gasteiger partial charge in [0.15, 0.2) is 5.76 Å². The molecule has 1 heterocycles. The first kappa shape index (κ1) is 20.5. The molecule has 148 valence electrons. The van der Waals surface area contributed by atoms with E-state index >= 15 is 0 Å². The molecule has 2 aromatic carbocycles. The predicted octanol–water partition coefficient (Wildman–Crippen LogP) is 4.63. The Morgan fingerprint density at radius 1 is 1.11 bits per heavy atom. The minimum absolute atomic E-state index is 0.0936. The van der Waals surface area contributed by atoms with E-state index < -0.39 is 21.2 Å². The SMILES string of the molecule is CC(c1ccc(Cl)cc1Cl)S(=O)(=O)NC(=O)c1cc2ccc(N(C)C)cc2o1. The second-order valence-electron chi connectivity index (χ2n) is 6.51. The van der Waals surface area contributed by atoms with Gasteiger partial charge in [0.2, 0.25) is 10.0 Å². The van der Waals surface area contributed by atoms with Crippen molar-refractivity contribution in [2.24, 2.45) is 0 Å². The van der Waals surface area contributed by atoms with Crippen molar-refractivity contribution in [2.45, 2.75) is 12.2 Å². The number of nitrogens with one attached hydrogen (secondary N) is 1. The zero-order chi connectivity index (χ0) is 20.6. The van der Waals surface area contributed by atoms with Crippen LogP contribution in [0.25, 0.3) is 11.0 Å². The number of sulfonamides is 1. The van der Waals surface area contributed by atoms with Gasteiger partial charge >= 0.3 is 0 Å². The van der Waals surface area contributed by atoms with E-state index in [0.29, 0.717) is 21.6 Å². The number of hydrogen-bond donors (Lipinski definition) is 1. The van der Waals surface area contributed by atoms with E-state index in [9.17, 15) is 13.2 Å². The van der Waals surface area contributed by atoms with E-state index in [-0.39, 0.29) is 10.8 Å². The molecule has 0 bridgehead atoms. The van der Waals surface area contributed by atoms with Crippen LogP contribution in [0.15, 0.2) is 46.9 Å². The molecule has 0 aliphatic carbocycles. The summed E-state index contributed by atoms with van der Waals surface area (Å²) in [6.45, 7) is 1.44. The second-order valence-corrected chi connectivity index (χ2v) is 9.36. The highest BCUT2D eigenvalue weighted by Gasteiger charge is 2.28. The summed E-state index contributed by atoms with van der Waals surface area (Å²) in [7, 11) is -0.285. The van der Waals surface area contributed by atoms with Crippen LogP contribution in [0.5, 0.6) is 0 Å². The molecule has 0 spiro atoms. The van der Waals surface area contributed by atoms with Crippen LogP contribution >= 0.6 is 23.2 Å². The Bertz CT molecular complexity index is 1160. The number of benzene rings is 2. The summed E-state index contributed by atoms with van der Waals surface area (Å²) in [5, 5.41) is 0.229. The summed E-state index contributed by atoms with van der Waals surface area (Å²) in [4.78, 5) is 14.4. The molecule has 1 N–H and O–H groups in total. The average molecular weight is 441 g/mol. The van der Waals surface area contributed by atoms with Crippen molar-refractivity contribution in [3.05, 3.63) is 63.8 Å². The van der Waals surface area contributed by atoms with E-state index in [1.54, 1.807) is 12.1 Å². The Morgan fingerprint density at radius 2 is 1.82 bits per heavy atom. The van der Waals surface area contributed by atoms with E-state index in [2.05, 4.69) is 0 Å². The molecule has 1 atom stereocenters. The second kappa shape index (κ2) is 7.66. The molecular weight excluding hydrogens is 423 g/mol. The predicted molar refractivity (Wildman–Crippen MR) is 112 cm³/mol. The molecule has 0 saturated carbocycles. The molecule has 6 nitrogen and oxygen atoms in total. The van der Waals surface area contributed by atoms with E-state index in [0.717, 1.165) is 5.69 Å². The fourth-order valence-corrected chi connectivity index (χ4v) is 4.39. The van der Waals surface area contributed by atoms with Gasteiger partial charge in [0.05, 0.1) is 0 Å². The number of fused-ring (bicyclic) bond motifs is 1. The first-order valence-corrected chi connectivity index (χ1v) is 10.6. The lowest BCUT2D eigenvalue weighted by Crippen LogP contribution is -2.33. The largest absolute Gasteiger partial charge is 0.451 e. The number of anilines is 1. The van der Waals surface area contributed by atoms with Crippen LogP contribution in [0.4, 0.5) is 5.69 Å². The number of hydrogen-bond acceptors (Lipinski definition) is 5. The first-order chi connectivity index (χ1) is 13.1. The highest BCUT2D eigenvalue weighted by Crippen LogP contribution is 2.31. The van der Waals surface area contributed by atoms with Gasteiger partial charge in [0.1, 0.15) is 10.8 Å². The topological polar surface area (TPSA) is 79.6 Å². The Labute approximate surface area is 173 Å². The van der Waals surface area contributed by atoms with Gasteiger partial charge in [-0.25, -0.2) is 13.1 Å². The van der Waals surface area contributed by atoms with Crippen LogP contribution in [0, 0.1) is 0 Å². The van der Waals surface area contributed by atoms with Crippen molar-refractivity contribution in [1.29, 1.82) is 0 Å². The van der Waals surface area contributed by atoms with Crippen molar-refractivity contribution in [3.8, 4) is 0 Å². The number of furan rings is 1. The molecule has 0 saturated heterocycles. The number of rotatable bonds is 5. The molecule has 1 unspecified atom stereocenters. The molecule has 9 heteroatoms. The lowest BCUT2D eigenvalue weighted by Gasteiger charge is -2.15. The number of amides is 1. The lowest BCUT2D eigenvalue weighted by molar-refractivity contribution is 0.0956. The molecular formula is C19H18Cl2N2O4S. The zero-order valence-electron chi connectivity index (χ0n) is 15.4. The Balaban J connectivity index is 1.85. The van der Waals surface area contributed by atoms with Gasteiger partial charge in [-0.1, -0.05) is 29.3 Å². The maximum atomic E-state index is 12.6. The van der Waals surface area contributed by atoms with Gasteiger partial charge in [0, 0.05) is 41.3 Å². The zero-order valence-corrected chi connectivity index (χ0v) is 17.7.